The highest BCUT2D eigenvalue weighted by Crippen LogP contribution is 2.33. The number of aliphatic hydroxyl groups is 1. The maximum absolute atomic E-state index is 13.0. The number of para-hydroxylation sites is 1. The molecule has 0 bridgehead atoms. The number of thioether (sulfide) groups is 1. The van der Waals surface area contributed by atoms with E-state index >= 15 is 0 Å². The monoisotopic (exact) mass is 480 g/mol. The van der Waals surface area contributed by atoms with Crippen LogP contribution in [-0.2, 0) is 6.54 Å². The van der Waals surface area contributed by atoms with Crippen molar-refractivity contribution in [1.29, 1.82) is 5.26 Å². The Hall–Kier alpha value is -3.12. The Bertz CT molecular complexity index is 1450. The van der Waals surface area contributed by atoms with Crippen LogP contribution in [0.25, 0.3) is 26.7 Å². The number of nitriles is 1. The largest absolute Gasteiger partial charge is 0.510 e. The van der Waals surface area contributed by atoms with Gasteiger partial charge in [-0.05, 0) is 37.3 Å². The highest BCUT2D eigenvalue weighted by atomic mass is 35.5. The van der Waals surface area contributed by atoms with Gasteiger partial charge in [0.15, 0.2) is 5.16 Å². The molecule has 32 heavy (non-hydrogen) atoms. The molecule has 0 saturated carbocycles. The molecule has 0 spiro atoms. The second-order valence-corrected chi connectivity index (χ2v) is 9.65. The van der Waals surface area contributed by atoms with Gasteiger partial charge in [0, 0.05) is 11.6 Å². The van der Waals surface area contributed by atoms with Crippen molar-refractivity contribution in [3.8, 4) is 6.07 Å². The zero-order chi connectivity index (χ0) is 22.8. The Balaban J connectivity index is 1.77. The standard InChI is InChI=1S/C23H17ClN4O2S2/c1-3-10-28-22(30)15-9-8-14(24)11-18(15)27-23(28)31-13(2)20(29)16(12-25)21-26-17-6-4-5-7-19(17)32-21/h3-9,11,13,29H,1,10H2,2H3/b20-16-. The molecule has 160 valence electrons. The molecule has 0 radical (unpaired) electrons. The van der Waals surface area contributed by atoms with Crippen molar-refractivity contribution in [2.24, 2.45) is 0 Å². The number of aromatic nitrogens is 3. The highest BCUT2D eigenvalue weighted by Gasteiger charge is 2.22. The molecule has 1 N–H and O–H groups in total. The van der Waals surface area contributed by atoms with Gasteiger partial charge in [0.1, 0.15) is 22.4 Å². The number of nitrogens with zero attached hydrogens (tertiary/aromatic N) is 4. The van der Waals surface area contributed by atoms with Crippen LogP contribution in [0.1, 0.15) is 11.9 Å². The molecular formula is C23H17ClN4O2S2. The molecule has 4 rings (SSSR count). The van der Waals surface area contributed by atoms with E-state index in [1.807, 2.05) is 24.3 Å². The molecular weight excluding hydrogens is 464 g/mol. The smallest absolute Gasteiger partial charge is 0.262 e. The van der Waals surface area contributed by atoms with E-state index in [4.69, 9.17) is 11.6 Å². The fourth-order valence-corrected chi connectivity index (χ4v) is 5.28. The van der Waals surface area contributed by atoms with Crippen LogP contribution in [-0.4, -0.2) is 24.9 Å². The summed E-state index contributed by atoms with van der Waals surface area (Å²) in [5.74, 6) is -0.123. The Morgan fingerprint density at radius 2 is 2.12 bits per heavy atom. The second kappa shape index (κ2) is 9.17. The average molecular weight is 481 g/mol. The fourth-order valence-electron chi connectivity index (χ4n) is 3.16. The maximum Gasteiger partial charge on any atom is 0.262 e. The lowest BCUT2D eigenvalue weighted by molar-refractivity contribution is 0.402. The van der Waals surface area contributed by atoms with E-state index in [2.05, 4.69) is 22.6 Å². The minimum atomic E-state index is -0.559. The molecule has 0 fully saturated rings. The van der Waals surface area contributed by atoms with Crippen molar-refractivity contribution in [3.05, 3.63) is 81.3 Å². The van der Waals surface area contributed by atoms with Crippen LogP contribution in [0.2, 0.25) is 5.02 Å². The molecule has 6 nitrogen and oxygen atoms in total. The van der Waals surface area contributed by atoms with E-state index in [1.54, 1.807) is 31.2 Å². The number of aliphatic hydroxyl groups excluding tert-OH is 1. The summed E-state index contributed by atoms with van der Waals surface area (Å²) in [5.41, 5.74) is 1.11. The molecule has 1 atom stereocenters. The number of rotatable bonds is 6. The van der Waals surface area contributed by atoms with Gasteiger partial charge in [0.2, 0.25) is 0 Å². The molecule has 0 aliphatic carbocycles. The molecule has 2 aromatic carbocycles. The lowest BCUT2D eigenvalue weighted by Gasteiger charge is -2.16. The summed E-state index contributed by atoms with van der Waals surface area (Å²) in [6.45, 7) is 5.73. The predicted octanol–water partition coefficient (Wildman–Crippen LogP) is 5.82. The first-order valence-electron chi connectivity index (χ1n) is 9.59. The van der Waals surface area contributed by atoms with E-state index in [-0.39, 0.29) is 23.4 Å². The Kier molecular flexibility index (Phi) is 6.33. The predicted molar refractivity (Wildman–Crippen MR) is 131 cm³/mol. The summed E-state index contributed by atoms with van der Waals surface area (Å²) in [6.07, 6.45) is 1.61. The minimum Gasteiger partial charge on any atom is -0.510 e. The van der Waals surface area contributed by atoms with E-state index < -0.39 is 5.25 Å². The van der Waals surface area contributed by atoms with Gasteiger partial charge in [-0.15, -0.1) is 17.9 Å². The molecule has 0 saturated heterocycles. The minimum absolute atomic E-state index is 0.104. The van der Waals surface area contributed by atoms with Gasteiger partial charge in [0.25, 0.3) is 5.56 Å². The normalized spacial score (nSPS) is 13.0. The molecule has 9 heteroatoms. The van der Waals surface area contributed by atoms with Crippen LogP contribution in [0.5, 0.6) is 0 Å². The van der Waals surface area contributed by atoms with Gasteiger partial charge in [-0.2, -0.15) is 5.26 Å². The van der Waals surface area contributed by atoms with Crippen molar-refractivity contribution < 1.29 is 5.11 Å². The summed E-state index contributed by atoms with van der Waals surface area (Å²) in [5, 5.41) is 21.8. The topological polar surface area (TPSA) is 91.8 Å². The number of halogens is 1. The molecule has 4 aromatic rings. The van der Waals surface area contributed by atoms with Crippen molar-refractivity contribution in [3.63, 3.8) is 0 Å². The number of fused-ring (bicyclic) bond motifs is 2. The number of hydrogen-bond donors (Lipinski definition) is 1. The zero-order valence-corrected chi connectivity index (χ0v) is 19.3. The van der Waals surface area contributed by atoms with Crippen LogP contribution in [0, 0.1) is 11.3 Å². The van der Waals surface area contributed by atoms with Crippen molar-refractivity contribution in [2.75, 3.05) is 0 Å². The number of benzene rings is 2. The Morgan fingerprint density at radius 1 is 1.34 bits per heavy atom. The Labute approximate surface area is 197 Å². The number of hydrogen-bond acceptors (Lipinski definition) is 7. The first kappa shape index (κ1) is 22.1. The van der Waals surface area contributed by atoms with E-state index in [9.17, 15) is 15.2 Å². The third-order valence-electron chi connectivity index (χ3n) is 4.74. The number of allylic oxidation sites excluding steroid dienone is 2. The average Bonchev–Trinajstić information content (AvgIpc) is 3.20. The molecule has 2 aromatic heterocycles. The van der Waals surface area contributed by atoms with Gasteiger partial charge in [0.05, 0.1) is 26.4 Å². The summed E-state index contributed by atoms with van der Waals surface area (Å²) in [6, 6.07) is 14.5. The molecule has 0 amide bonds. The van der Waals surface area contributed by atoms with Gasteiger partial charge in [-0.1, -0.05) is 41.6 Å². The molecule has 1 unspecified atom stereocenters. The first-order valence-corrected chi connectivity index (χ1v) is 11.7. The van der Waals surface area contributed by atoms with Gasteiger partial charge in [-0.3, -0.25) is 9.36 Å². The zero-order valence-electron chi connectivity index (χ0n) is 16.9. The van der Waals surface area contributed by atoms with Crippen LogP contribution in [0.3, 0.4) is 0 Å². The van der Waals surface area contributed by atoms with E-state index in [1.165, 1.54) is 27.7 Å². The summed E-state index contributed by atoms with van der Waals surface area (Å²) in [7, 11) is 0. The quantitative estimate of drug-likeness (QED) is 0.123. The molecule has 0 aliphatic rings. The molecule has 2 heterocycles. The maximum atomic E-state index is 13.0. The lowest BCUT2D eigenvalue weighted by Crippen LogP contribution is -2.23. The van der Waals surface area contributed by atoms with Crippen molar-refractivity contribution >= 4 is 61.4 Å². The van der Waals surface area contributed by atoms with Gasteiger partial charge < -0.3 is 5.11 Å². The SMILES string of the molecule is C=CCn1c(SC(C)/C(O)=C(\C#N)c2nc3ccccc3s2)nc2cc(Cl)ccc2c1=O. The summed E-state index contributed by atoms with van der Waals surface area (Å²) in [4.78, 5) is 22.1. The van der Waals surface area contributed by atoms with Crippen LogP contribution >= 0.6 is 34.7 Å². The fraction of sp³-hybridized carbons (Fsp3) is 0.130. The van der Waals surface area contributed by atoms with Crippen LogP contribution in [0.15, 0.2) is 70.8 Å². The third-order valence-corrected chi connectivity index (χ3v) is 7.13. The number of thiazole rings is 1. The van der Waals surface area contributed by atoms with Crippen molar-refractivity contribution in [1.82, 2.24) is 14.5 Å². The lowest BCUT2D eigenvalue weighted by atomic mass is 10.2. The third kappa shape index (κ3) is 4.15. The van der Waals surface area contributed by atoms with E-state index in [0.29, 0.717) is 26.1 Å². The highest BCUT2D eigenvalue weighted by molar-refractivity contribution is 7.99. The van der Waals surface area contributed by atoms with Crippen LogP contribution < -0.4 is 5.56 Å². The summed E-state index contributed by atoms with van der Waals surface area (Å²) < 4.78 is 2.41. The van der Waals surface area contributed by atoms with Crippen LogP contribution in [0.4, 0.5) is 0 Å². The first-order chi connectivity index (χ1) is 15.4. The summed E-state index contributed by atoms with van der Waals surface area (Å²) >= 11 is 8.60. The van der Waals surface area contributed by atoms with Gasteiger partial charge in [-0.25, -0.2) is 9.97 Å². The van der Waals surface area contributed by atoms with Crippen molar-refractivity contribution in [2.45, 2.75) is 23.9 Å². The molecule has 0 aliphatic heterocycles. The second-order valence-electron chi connectivity index (χ2n) is 6.88. The van der Waals surface area contributed by atoms with Gasteiger partial charge >= 0.3 is 0 Å². The van der Waals surface area contributed by atoms with E-state index in [0.717, 1.165) is 10.2 Å². The Morgan fingerprint density at radius 3 is 2.84 bits per heavy atom.